The molecule has 21 heavy (non-hydrogen) atoms. The van der Waals surface area contributed by atoms with E-state index in [-0.39, 0.29) is 0 Å². The Hall–Kier alpha value is -1.55. The molecular formula is C17H28N4. The van der Waals surface area contributed by atoms with Gasteiger partial charge in [-0.25, -0.2) is 0 Å². The van der Waals surface area contributed by atoms with Crippen molar-refractivity contribution in [2.75, 3.05) is 31.1 Å². The van der Waals surface area contributed by atoms with Crippen LogP contribution in [0.2, 0.25) is 0 Å². The van der Waals surface area contributed by atoms with E-state index in [1.807, 2.05) is 0 Å². The molecule has 2 rings (SSSR count). The van der Waals surface area contributed by atoms with Crippen molar-refractivity contribution in [3.8, 4) is 0 Å². The third kappa shape index (κ3) is 3.76. The fourth-order valence-corrected chi connectivity index (χ4v) is 3.19. The smallest absolute Gasteiger partial charge is 0.0921 e. The third-order valence-electron chi connectivity index (χ3n) is 4.67. The van der Waals surface area contributed by atoms with Gasteiger partial charge in [-0.2, -0.15) is 0 Å². The highest BCUT2D eigenvalue weighted by Gasteiger charge is 2.24. The van der Waals surface area contributed by atoms with Gasteiger partial charge in [-0.05, 0) is 37.5 Å². The standard InChI is InChI=1S/C17H28N4/c1-4-15(12-17(18)19)20-8-10-21(11-9-20)16-7-5-6-13(2)14(16)3/h5-7,15H,4,8-12H2,1-3H3,(H3,18,19). The van der Waals surface area contributed by atoms with E-state index in [2.05, 4.69) is 48.8 Å². The number of aryl methyl sites for hydroxylation is 1. The molecule has 1 unspecified atom stereocenters. The van der Waals surface area contributed by atoms with E-state index in [4.69, 9.17) is 11.1 Å². The summed E-state index contributed by atoms with van der Waals surface area (Å²) in [6.45, 7) is 10.8. The number of hydrogen-bond donors (Lipinski definition) is 2. The van der Waals surface area contributed by atoms with E-state index in [0.717, 1.165) is 32.6 Å². The number of piperazine rings is 1. The number of benzene rings is 1. The lowest BCUT2D eigenvalue weighted by Gasteiger charge is -2.40. The minimum atomic E-state index is 0.304. The number of amidine groups is 1. The molecule has 0 aliphatic carbocycles. The second-order valence-electron chi connectivity index (χ2n) is 6.03. The Bertz CT molecular complexity index is 490. The van der Waals surface area contributed by atoms with Gasteiger partial charge in [0.1, 0.15) is 0 Å². The third-order valence-corrected chi connectivity index (χ3v) is 4.67. The van der Waals surface area contributed by atoms with Gasteiger partial charge in [-0.1, -0.05) is 19.1 Å². The van der Waals surface area contributed by atoms with Crippen LogP contribution in [-0.2, 0) is 0 Å². The molecule has 1 aliphatic heterocycles. The topological polar surface area (TPSA) is 56.4 Å². The summed E-state index contributed by atoms with van der Waals surface area (Å²) in [6, 6.07) is 6.97. The van der Waals surface area contributed by atoms with Crippen LogP contribution in [0.4, 0.5) is 5.69 Å². The molecule has 1 aliphatic rings. The predicted octanol–water partition coefficient (Wildman–Crippen LogP) is 2.53. The van der Waals surface area contributed by atoms with Crippen molar-refractivity contribution in [1.82, 2.24) is 4.90 Å². The van der Waals surface area contributed by atoms with E-state index < -0.39 is 0 Å². The van der Waals surface area contributed by atoms with Crippen LogP contribution in [0.15, 0.2) is 18.2 Å². The van der Waals surface area contributed by atoms with Crippen molar-refractivity contribution in [3.63, 3.8) is 0 Å². The normalized spacial score (nSPS) is 17.8. The molecular weight excluding hydrogens is 260 g/mol. The van der Waals surface area contributed by atoms with Gasteiger partial charge in [0.25, 0.3) is 0 Å². The van der Waals surface area contributed by atoms with E-state index in [0.29, 0.717) is 18.3 Å². The molecule has 0 spiro atoms. The zero-order valence-corrected chi connectivity index (χ0v) is 13.5. The maximum atomic E-state index is 7.51. The molecule has 0 amide bonds. The van der Waals surface area contributed by atoms with Crippen LogP contribution in [0.3, 0.4) is 0 Å². The number of nitrogens with two attached hydrogens (primary N) is 1. The van der Waals surface area contributed by atoms with Gasteiger partial charge in [0.2, 0.25) is 0 Å². The van der Waals surface area contributed by atoms with Gasteiger partial charge in [-0.3, -0.25) is 10.3 Å². The predicted molar refractivity (Wildman–Crippen MR) is 90.3 cm³/mol. The second kappa shape index (κ2) is 6.94. The van der Waals surface area contributed by atoms with Crippen LogP contribution in [0.1, 0.15) is 30.9 Å². The van der Waals surface area contributed by atoms with Crippen molar-refractivity contribution in [3.05, 3.63) is 29.3 Å². The van der Waals surface area contributed by atoms with E-state index >= 15 is 0 Å². The Labute approximate surface area is 128 Å². The average Bonchev–Trinajstić information content (AvgIpc) is 2.48. The highest BCUT2D eigenvalue weighted by molar-refractivity contribution is 5.77. The summed E-state index contributed by atoms with van der Waals surface area (Å²) in [5.74, 6) is 0.304. The first-order valence-electron chi connectivity index (χ1n) is 7.91. The summed E-state index contributed by atoms with van der Waals surface area (Å²) in [5, 5.41) is 7.51. The lowest BCUT2D eigenvalue weighted by atomic mass is 10.0. The number of rotatable bonds is 5. The van der Waals surface area contributed by atoms with Crippen LogP contribution in [-0.4, -0.2) is 43.0 Å². The van der Waals surface area contributed by atoms with Gasteiger partial charge in [-0.15, -0.1) is 0 Å². The quantitative estimate of drug-likeness (QED) is 0.646. The summed E-state index contributed by atoms with van der Waals surface area (Å²) in [5.41, 5.74) is 9.70. The van der Waals surface area contributed by atoms with Crippen LogP contribution in [0, 0.1) is 19.3 Å². The summed E-state index contributed by atoms with van der Waals surface area (Å²) in [7, 11) is 0. The van der Waals surface area contributed by atoms with Crippen molar-refractivity contribution in [1.29, 1.82) is 5.41 Å². The molecule has 0 bridgehead atoms. The maximum absolute atomic E-state index is 7.51. The fourth-order valence-electron chi connectivity index (χ4n) is 3.19. The molecule has 4 heteroatoms. The minimum absolute atomic E-state index is 0.304. The summed E-state index contributed by atoms with van der Waals surface area (Å²) >= 11 is 0. The zero-order chi connectivity index (χ0) is 15.4. The lowest BCUT2D eigenvalue weighted by molar-refractivity contribution is 0.184. The van der Waals surface area contributed by atoms with Gasteiger partial charge in [0.15, 0.2) is 0 Å². The number of nitrogens with one attached hydrogen (secondary N) is 1. The Morgan fingerprint density at radius 3 is 2.48 bits per heavy atom. The minimum Gasteiger partial charge on any atom is -0.388 e. The molecule has 116 valence electrons. The zero-order valence-electron chi connectivity index (χ0n) is 13.5. The van der Waals surface area contributed by atoms with Gasteiger partial charge < -0.3 is 10.6 Å². The lowest BCUT2D eigenvalue weighted by Crippen LogP contribution is -2.51. The molecule has 1 aromatic carbocycles. The Morgan fingerprint density at radius 1 is 1.24 bits per heavy atom. The van der Waals surface area contributed by atoms with E-state index in [1.165, 1.54) is 16.8 Å². The molecule has 0 saturated carbocycles. The number of nitrogens with zero attached hydrogens (tertiary/aromatic N) is 2. The first-order chi connectivity index (χ1) is 10.0. The van der Waals surface area contributed by atoms with Crippen LogP contribution >= 0.6 is 0 Å². The summed E-state index contributed by atoms with van der Waals surface area (Å²) in [6.07, 6.45) is 1.75. The monoisotopic (exact) mass is 288 g/mol. The highest BCUT2D eigenvalue weighted by atomic mass is 15.3. The van der Waals surface area contributed by atoms with Crippen molar-refractivity contribution in [2.45, 2.75) is 39.7 Å². The largest absolute Gasteiger partial charge is 0.388 e. The molecule has 0 aromatic heterocycles. The van der Waals surface area contributed by atoms with Gasteiger partial charge in [0, 0.05) is 44.3 Å². The van der Waals surface area contributed by atoms with Crippen molar-refractivity contribution < 1.29 is 0 Å². The molecule has 1 fully saturated rings. The van der Waals surface area contributed by atoms with Crippen molar-refractivity contribution >= 4 is 11.5 Å². The molecule has 1 aromatic rings. The van der Waals surface area contributed by atoms with Crippen molar-refractivity contribution in [2.24, 2.45) is 5.73 Å². The van der Waals surface area contributed by atoms with Crippen LogP contribution in [0.5, 0.6) is 0 Å². The fraction of sp³-hybridized carbons (Fsp3) is 0.588. The average molecular weight is 288 g/mol. The molecule has 0 radical (unpaired) electrons. The Balaban J connectivity index is 1.99. The summed E-state index contributed by atoms with van der Waals surface area (Å²) in [4.78, 5) is 4.97. The highest BCUT2D eigenvalue weighted by Crippen LogP contribution is 2.24. The molecule has 1 atom stereocenters. The van der Waals surface area contributed by atoms with E-state index in [1.54, 1.807) is 0 Å². The molecule has 3 N–H and O–H groups in total. The van der Waals surface area contributed by atoms with Gasteiger partial charge in [0.05, 0.1) is 5.84 Å². The maximum Gasteiger partial charge on any atom is 0.0921 e. The first-order valence-corrected chi connectivity index (χ1v) is 7.91. The SMILES string of the molecule is CCC(CC(=N)N)N1CCN(c2cccc(C)c2C)CC1. The van der Waals surface area contributed by atoms with Crippen LogP contribution in [0.25, 0.3) is 0 Å². The first kappa shape index (κ1) is 15.8. The molecule has 1 heterocycles. The van der Waals surface area contributed by atoms with Crippen LogP contribution < -0.4 is 10.6 Å². The van der Waals surface area contributed by atoms with E-state index in [9.17, 15) is 0 Å². The Morgan fingerprint density at radius 2 is 1.90 bits per heavy atom. The Kier molecular flexibility index (Phi) is 5.23. The number of hydrogen-bond acceptors (Lipinski definition) is 3. The second-order valence-corrected chi connectivity index (χ2v) is 6.03. The molecule has 4 nitrogen and oxygen atoms in total. The van der Waals surface area contributed by atoms with Gasteiger partial charge >= 0.3 is 0 Å². The number of anilines is 1. The molecule has 1 saturated heterocycles. The summed E-state index contributed by atoms with van der Waals surface area (Å²) < 4.78 is 0.